The van der Waals surface area contributed by atoms with Crippen molar-refractivity contribution in [1.29, 1.82) is 0 Å². The van der Waals surface area contributed by atoms with E-state index in [1.807, 2.05) is 7.05 Å². The van der Waals surface area contributed by atoms with Crippen molar-refractivity contribution in [3.63, 3.8) is 0 Å². The highest BCUT2D eigenvalue weighted by Gasteiger charge is 2.23. The predicted octanol–water partition coefficient (Wildman–Crippen LogP) is 0.430. The predicted molar refractivity (Wildman–Crippen MR) is 67.8 cm³/mol. The zero-order chi connectivity index (χ0) is 12.3. The summed E-state index contributed by atoms with van der Waals surface area (Å²) in [5.74, 6) is 0.929. The van der Waals surface area contributed by atoms with Gasteiger partial charge < -0.3 is 5.32 Å². The molecule has 1 aliphatic rings. The third kappa shape index (κ3) is 3.51. The third-order valence-electron chi connectivity index (χ3n) is 3.38. The Balaban J connectivity index is 1.66. The molecule has 1 fully saturated rings. The van der Waals surface area contributed by atoms with Crippen molar-refractivity contribution in [2.24, 2.45) is 7.05 Å². The second kappa shape index (κ2) is 5.60. The number of hydrogen-bond donors (Lipinski definition) is 1. The normalized spacial score (nSPS) is 21.5. The highest BCUT2D eigenvalue weighted by Crippen LogP contribution is 2.11. The number of likely N-dealkylation sites (tertiary alicyclic amines) is 1. The van der Waals surface area contributed by atoms with Crippen LogP contribution in [0, 0.1) is 0 Å². The summed E-state index contributed by atoms with van der Waals surface area (Å²) in [6.45, 7) is 7.89. The zero-order valence-electron chi connectivity index (χ0n) is 11.1. The van der Waals surface area contributed by atoms with Crippen molar-refractivity contribution in [3.8, 4) is 0 Å². The number of nitrogens with one attached hydrogen (secondary N) is 1. The molecule has 1 aromatic heterocycles. The Morgan fingerprint density at radius 3 is 2.94 bits per heavy atom. The zero-order valence-corrected chi connectivity index (χ0v) is 11.1. The second-order valence-electron chi connectivity index (χ2n) is 5.11. The van der Waals surface area contributed by atoms with Crippen LogP contribution in [0.3, 0.4) is 0 Å². The first-order chi connectivity index (χ1) is 8.15. The summed E-state index contributed by atoms with van der Waals surface area (Å²) < 4.78 is 1.76. The Morgan fingerprint density at radius 1 is 1.53 bits per heavy atom. The largest absolute Gasteiger partial charge is 0.312 e. The topological polar surface area (TPSA) is 46.0 Å². The molecular weight excluding hydrogens is 214 g/mol. The van der Waals surface area contributed by atoms with Crippen molar-refractivity contribution in [1.82, 2.24) is 25.0 Å². The summed E-state index contributed by atoms with van der Waals surface area (Å²) in [6, 6.07) is 1.31. The molecule has 1 unspecified atom stereocenters. The van der Waals surface area contributed by atoms with Gasteiger partial charge in [-0.25, -0.2) is 4.98 Å². The van der Waals surface area contributed by atoms with E-state index in [9.17, 15) is 0 Å². The van der Waals surface area contributed by atoms with Crippen LogP contribution in [0.25, 0.3) is 0 Å². The van der Waals surface area contributed by atoms with Gasteiger partial charge >= 0.3 is 0 Å². The fourth-order valence-electron chi connectivity index (χ4n) is 2.31. The van der Waals surface area contributed by atoms with Crippen LogP contribution in [0.5, 0.6) is 0 Å². The molecule has 5 nitrogen and oxygen atoms in total. The van der Waals surface area contributed by atoms with Gasteiger partial charge in [0.05, 0.1) is 0 Å². The van der Waals surface area contributed by atoms with Crippen LogP contribution in [-0.2, 0) is 13.5 Å². The molecule has 0 aliphatic carbocycles. The summed E-state index contributed by atoms with van der Waals surface area (Å²) in [4.78, 5) is 6.75. The molecule has 1 saturated heterocycles. The first kappa shape index (κ1) is 12.5. The Labute approximate surface area is 103 Å². The summed E-state index contributed by atoms with van der Waals surface area (Å²) >= 11 is 0. The van der Waals surface area contributed by atoms with E-state index >= 15 is 0 Å². The van der Waals surface area contributed by atoms with Crippen LogP contribution >= 0.6 is 0 Å². The van der Waals surface area contributed by atoms with E-state index < -0.39 is 0 Å². The van der Waals surface area contributed by atoms with Gasteiger partial charge in [-0.1, -0.05) is 0 Å². The van der Waals surface area contributed by atoms with Gasteiger partial charge in [-0.05, 0) is 26.8 Å². The first-order valence-electron chi connectivity index (χ1n) is 6.47. The maximum absolute atomic E-state index is 4.27. The molecule has 5 heteroatoms. The van der Waals surface area contributed by atoms with E-state index in [4.69, 9.17) is 0 Å². The van der Waals surface area contributed by atoms with Gasteiger partial charge in [0.25, 0.3) is 0 Å². The minimum absolute atomic E-state index is 0.640. The summed E-state index contributed by atoms with van der Waals surface area (Å²) in [5, 5.41) is 7.87. The minimum Gasteiger partial charge on any atom is -0.312 e. The van der Waals surface area contributed by atoms with Crippen molar-refractivity contribution in [3.05, 3.63) is 12.2 Å². The van der Waals surface area contributed by atoms with Crippen LogP contribution in [-0.4, -0.2) is 51.4 Å². The van der Waals surface area contributed by atoms with Crippen LogP contribution < -0.4 is 5.32 Å². The third-order valence-corrected chi connectivity index (χ3v) is 3.38. The SMILES string of the molecule is CC(C)N1CCC(NCCc2ncn(C)n2)C1. The molecule has 96 valence electrons. The maximum atomic E-state index is 4.27. The van der Waals surface area contributed by atoms with Gasteiger partial charge in [0, 0.05) is 38.6 Å². The van der Waals surface area contributed by atoms with E-state index in [2.05, 4.69) is 34.1 Å². The van der Waals surface area contributed by atoms with Gasteiger partial charge in [-0.2, -0.15) is 5.10 Å². The average molecular weight is 237 g/mol. The fraction of sp³-hybridized carbons (Fsp3) is 0.833. The Bertz CT molecular complexity index is 346. The van der Waals surface area contributed by atoms with Crippen LogP contribution in [0.15, 0.2) is 6.33 Å². The van der Waals surface area contributed by atoms with Gasteiger partial charge in [-0.15, -0.1) is 0 Å². The van der Waals surface area contributed by atoms with Gasteiger partial charge in [-0.3, -0.25) is 9.58 Å². The minimum atomic E-state index is 0.640. The molecule has 17 heavy (non-hydrogen) atoms. The van der Waals surface area contributed by atoms with Crippen LogP contribution in [0.4, 0.5) is 0 Å². The lowest BCUT2D eigenvalue weighted by molar-refractivity contribution is 0.268. The lowest BCUT2D eigenvalue weighted by atomic mass is 10.2. The number of aryl methyl sites for hydroxylation is 1. The average Bonchev–Trinajstić information content (AvgIpc) is 2.88. The van der Waals surface area contributed by atoms with Crippen molar-refractivity contribution >= 4 is 0 Å². The molecule has 1 aromatic rings. The molecule has 0 aromatic carbocycles. The van der Waals surface area contributed by atoms with E-state index in [-0.39, 0.29) is 0 Å². The lowest BCUT2D eigenvalue weighted by Crippen LogP contribution is -2.36. The molecule has 0 spiro atoms. The second-order valence-corrected chi connectivity index (χ2v) is 5.11. The number of hydrogen-bond acceptors (Lipinski definition) is 4. The number of nitrogens with zero attached hydrogens (tertiary/aromatic N) is 4. The summed E-state index contributed by atoms with van der Waals surface area (Å²) in [6.07, 6.45) is 3.93. The molecule has 0 amide bonds. The molecule has 0 saturated carbocycles. The molecule has 2 heterocycles. The first-order valence-corrected chi connectivity index (χ1v) is 6.47. The maximum Gasteiger partial charge on any atom is 0.151 e. The molecule has 2 rings (SSSR count). The highest BCUT2D eigenvalue weighted by molar-refractivity contribution is 4.86. The van der Waals surface area contributed by atoms with E-state index in [0.717, 1.165) is 18.8 Å². The number of rotatable bonds is 5. The van der Waals surface area contributed by atoms with Gasteiger partial charge in [0.1, 0.15) is 6.33 Å². The highest BCUT2D eigenvalue weighted by atomic mass is 15.3. The molecule has 1 aliphatic heterocycles. The van der Waals surface area contributed by atoms with Crippen molar-refractivity contribution < 1.29 is 0 Å². The Morgan fingerprint density at radius 2 is 2.35 bits per heavy atom. The monoisotopic (exact) mass is 237 g/mol. The van der Waals surface area contributed by atoms with E-state index in [1.54, 1.807) is 11.0 Å². The smallest absolute Gasteiger partial charge is 0.151 e. The lowest BCUT2D eigenvalue weighted by Gasteiger charge is -2.20. The van der Waals surface area contributed by atoms with Gasteiger partial charge in [0.15, 0.2) is 5.82 Å². The van der Waals surface area contributed by atoms with E-state index in [0.29, 0.717) is 12.1 Å². The van der Waals surface area contributed by atoms with Crippen LogP contribution in [0.1, 0.15) is 26.1 Å². The van der Waals surface area contributed by atoms with Crippen molar-refractivity contribution in [2.75, 3.05) is 19.6 Å². The van der Waals surface area contributed by atoms with Crippen LogP contribution in [0.2, 0.25) is 0 Å². The molecule has 0 bridgehead atoms. The Hall–Kier alpha value is -0.940. The van der Waals surface area contributed by atoms with Gasteiger partial charge in [0.2, 0.25) is 0 Å². The molecular formula is C12H23N5. The Kier molecular flexibility index (Phi) is 4.12. The summed E-state index contributed by atoms with van der Waals surface area (Å²) in [5.41, 5.74) is 0. The molecule has 1 atom stereocenters. The quantitative estimate of drug-likeness (QED) is 0.807. The standard InChI is InChI=1S/C12H23N5/c1-10(2)17-7-5-11(8-17)13-6-4-12-14-9-16(3)15-12/h9-11,13H,4-8H2,1-3H3. The van der Waals surface area contributed by atoms with Crippen molar-refractivity contribution in [2.45, 2.75) is 38.8 Å². The molecule has 1 N–H and O–H groups in total. The number of aromatic nitrogens is 3. The van der Waals surface area contributed by atoms with E-state index in [1.165, 1.54) is 19.5 Å². The molecule has 0 radical (unpaired) electrons. The fourth-order valence-corrected chi connectivity index (χ4v) is 2.31. The summed E-state index contributed by atoms with van der Waals surface area (Å²) in [7, 11) is 1.90.